The van der Waals surface area contributed by atoms with Crippen LogP contribution in [0, 0.1) is 6.92 Å². The van der Waals surface area contributed by atoms with E-state index in [4.69, 9.17) is 0 Å². The van der Waals surface area contributed by atoms with Crippen LogP contribution in [0.1, 0.15) is 50.7 Å². The summed E-state index contributed by atoms with van der Waals surface area (Å²) < 4.78 is 39.0. The number of aryl methyl sites for hydroxylation is 2. The molecule has 8 nitrogen and oxygen atoms in total. The van der Waals surface area contributed by atoms with Crippen LogP contribution >= 0.6 is 11.3 Å². The van der Waals surface area contributed by atoms with E-state index in [2.05, 4.69) is 25.3 Å². The molecule has 3 heterocycles. The molecule has 3 aromatic heterocycles. The molecule has 0 spiro atoms. The molecule has 0 aliphatic heterocycles. The minimum absolute atomic E-state index is 0.163. The Morgan fingerprint density at radius 1 is 1.14 bits per heavy atom. The topological polar surface area (TPSA) is 121 Å². The van der Waals surface area contributed by atoms with Crippen molar-refractivity contribution in [1.82, 2.24) is 19.9 Å². The fourth-order valence-electron chi connectivity index (χ4n) is 4.39. The van der Waals surface area contributed by atoms with Gasteiger partial charge in [-0.2, -0.15) is 13.2 Å². The average molecular weight is 528 g/mol. The molecule has 0 amide bonds. The van der Waals surface area contributed by atoms with E-state index >= 15 is 0 Å². The monoisotopic (exact) mass is 527 g/mol. The summed E-state index contributed by atoms with van der Waals surface area (Å²) in [6.45, 7) is 1.74. The fraction of sp³-hybridized carbons (Fsp3) is 0.240. The SMILES string of the molecule is Cc1cc(Nc2nccc(C(F)(F)F)n2)cc(-c2cnc([C@@]3(O)CCCc4cc(C(=O)O)ccc43)s2)n1. The second-order valence-electron chi connectivity index (χ2n) is 8.69. The number of alkyl halides is 3. The summed E-state index contributed by atoms with van der Waals surface area (Å²) in [5, 5.41) is 24.2. The smallest absolute Gasteiger partial charge is 0.433 e. The summed E-state index contributed by atoms with van der Waals surface area (Å²) >= 11 is 1.25. The van der Waals surface area contributed by atoms with Gasteiger partial charge < -0.3 is 15.5 Å². The Morgan fingerprint density at radius 3 is 2.70 bits per heavy atom. The van der Waals surface area contributed by atoms with Gasteiger partial charge in [0.25, 0.3) is 0 Å². The fourth-order valence-corrected chi connectivity index (χ4v) is 5.39. The van der Waals surface area contributed by atoms with Gasteiger partial charge >= 0.3 is 12.1 Å². The summed E-state index contributed by atoms with van der Waals surface area (Å²) in [6.07, 6.45) is -0.224. The van der Waals surface area contributed by atoms with E-state index in [0.717, 1.165) is 17.8 Å². The molecule has 5 rings (SSSR count). The minimum atomic E-state index is -4.59. The number of hydrogen-bond acceptors (Lipinski definition) is 8. The molecular formula is C25H20F3N5O3S. The van der Waals surface area contributed by atoms with Crippen molar-refractivity contribution in [3.05, 3.63) is 81.9 Å². The lowest BCUT2D eigenvalue weighted by atomic mass is 9.79. The third-order valence-electron chi connectivity index (χ3n) is 6.05. The van der Waals surface area contributed by atoms with Gasteiger partial charge in [0, 0.05) is 23.8 Å². The van der Waals surface area contributed by atoms with Gasteiger partial charge in [-0.1, -0.05) is 6.07 Å². The first-order chi connectivity index (χ1) is 17.5. The van der Waals surface area contributed by atoms with E-state index in [-0.39, 0.29) is 11.5 Å². The first-order valence-electron chi connectivity index (χ1n) is 11.2. The second-order valence-corrected chi connectivity index (χ2v) is 9.72. The number of pyridine rings is 1. The molecule has 1 aliphatic rings. The summed E-state index contributed by atoms with van der Waals surface area (Å²) in [4.78, 5) is 28.4. The average Bonchev–Trinajstić information content (AvgIpc) is 3.35. The molecule has 0 saturated carbocycles. The lowest BCUT2D eigenvalue weighted by Gasteiger charge is -2.33. The molecule has 4 aromatic rings. The number of nitrogens with zero attached hydrogens (tertiary/aromatic N) is 4. The highest BCUT2D eigenvalue weighted by Gasteiger charge is 2.39. The predicted octanol–water partition coefficient (Wildman–Crippen LogP) is 5.34. The van der Waals surface area contributed by atoms with E-state index in [1.54, 1.807) is 37.4 Å². The summed E-state index contributed by atoms with van der Waals surface area (Å²) in [7, 11) is 0. The van der Waals surface area contributed by atoms with Crippen molar-refractivity contribution in [3.63, 3.8) is 0 Å². The van der Waals surface area contributed by atoms with E-state index < -0.39 is 23.4 Å². The number of hydrogen-bond donors (Lipinski definition) is 3. The Labute approximate surface area is 212 Å². The van der Waals surface area contributed by atoms with Gasteiger partial charge in [-0.25, -0.2) is 19.7 Å². The Kier molecular flexibility index (Phi) is 6.16. The van der Waals surface area contributed by atoms with E-state index in [9.17, 15) is 28.2 Å². The van der Waals surface area contributed by atoms with Crippen molar-refractivity contribution in [1.29, 1.82) is 0 Å². The molecule has 1 atom stereocenters. The highest BCUT2D eigenvalue weighted by Crippen LogP contribution is 2.43. The van der Waals surface area contributed by atoms with Crippen molar-refractivity contribution in [2.75, 3.05) is 5.32 Å². The zero-order valence-electron chi connectivity index (χ0n) is 19.4. The third kappa shape index (κ3) is 4.89. The minimum Gasteiger partial charge on any atom is -0.478 e. The molecule has 1 aliphatic carbocycles. The number of rotatable bonds is 5. The van der Waals surface area contributed by atoms with Crippen molar-refractivity contribution < 1.29 is 28.2 Å². The molecular weight excluding hydrogens is 507 g/mol. The van der Waals surface area contributed by atoms with Crippen LogP contribution in [0.3, 0.4) is 0 Å². The van der Waals surface area contributed by atoms with Gasteiger partial charge in [-0.05, 0) is 67.6 Å². The molecule has 0 saturated heterocycles. The van der Waals surface area contributed by atoms with Crippen LogP contribution in [-0.4, -0.2) is 36.1 Å². The zero-order valence-corrected chi connectivity index (χ0v) is 20.2. The molecule has 0 unspecified atom stereocenters. The molecule has 12 heteroatoms. The lowest BCUT2D eigenvalue weighted by Crippen LogP contribution is -2.32. The number of aromatic nitrogens is 4. The van der Waals surface area contributed by atoms with Crippen LogP contribution in [0.15, 0.2) is 48.8 Å². The van der Waals surface area contributed by atoms with Crippen molar-refractivity contribution >= 4 is 28.9 Å². The number of halogens is 3. The van der Waals surface area contributed by atoms with Gasteiger partial charge in [0.05, 0.1) is 16.1 Å². The van der Waals surface area contributed by atoms with Gasteiger partial charge in [-0.3, -0.25) is 4.98 Å². The number of anilines is 2. The van der Waals surface area contributed by atoms with E-state index in [0.29, 0.717) is 51.8 Å². The Balaban J connectivity index is 1.46. The summed E-state index contributed by atoms with van der Waals surface area (Å²) in [5.74, 6) is -1.23. The first kappa shape index (κ1) is 24.8. The van der Waals surface area contributed by atoms with Crippen LogP contribution in [-0.2, 0) is 18.2 Å². The number of benzene rings is 1. The third-order valence-corrected chi connectivity index (χ3v) is 7.22. The number of carboxylic acids is 1. The molecule has 190 valence electrons. The standard InChI is InChI=1S/C25H20F3N5O3S/c1-13-9-16(32-23-29-8-6-20(33-23)25(26,27)28)11-18(31-13)19-12-30-22(37-19)24(36)7-2-3-14-10-15(21(34)35)4-5-17(14)24/h4-6,8-12,36H,2-3,7H2,1H3,(H,34,35)(H,29,31,32,33)/t24-/m1/s1. The quantitative estimate of drug-likeness (QED) is 0.318. The van der Waals surface area contributed by atoms with Crippen LogP contribution in [0.5, 0.6) is 0 Å². The number of carboxylic acid groups (broad SMARTS) is 1. The normalized spacial score (nSPS) is 17.3. The number of carbonyl (C=O) groups is 1. The summed E-state index contributed by atoms with van der Waals surface area (Å²) in [6, 6.07) is 8.80. The van der Waals surface area contributed by atoms with E-state index in [1.165, 1.54) is 17.4 Å². The Bertz CT molecular complexity index is 1510. The molecule has 0 fully saturated rings. The predicted molar refractivity (Wildman–Crippen MR) is 130 cm³/mol. The second kappa shape index (κ2) is 9.20. The first-order valence-corrected chi connectivity index (χ1v) is 12.1. The number of aromatic carboxylic acids is 1. The molecule has 0 bridgehead atoms. The maximum atomic E-state index is 13.0. The Hall–Kier alpha value is -3.90. The highest BCUT2D eigenvalue weighted by molar-refractivity contribution is 7.15. The van der Waals surface area contributed by atoms with Crippen LogP contribution in [0.2, 0.25) is 0 Å². The lowest BCUT2D eigenvalue weighted by molar-refractivity contribution is -0.141. The molecule has 1 aromatic carbocycles. The molecule has 0 radical (unpaired) electrons. The molecule has 37 heavy (non-hydrogen) atoms. The highest BCUT2D eigenvalue weighted by atomic mass is 32.1. The van der Waals surface area contributed by atoms with Gasteiger partial charge in [0.2, 0.25) is 5.95 Å². The van der Waals surface area contributed by atoms with Crippen molar-refractivity contribution in [3.8, 4) is 10.6 Å². The van der Waals surface area contributed by atoms with Crippen LogP contribution < -0.4 is 5.32 Å². The Morgan fingerprint density at radius 2 is 1.95 bits per heavy atom. The summed E-state index contributed by atoms with van der Waals surface area (Å²) in [5.41, 5.74) is 0.696. The number of thiazole rings is 1. The largest absolute Gasteiger partial charge is 0.478 e. The van der Waals surface area contributed by atoms with Crippen molar-refractivity contribution in [2.45, 2.75) is 38.0 Å². The van der Waals surface area contributed by atoms with Crippen molar-refractivity contribution in [2.24, 2.45) is 0 Å². The maximum Gasteiger partial charge on any atom is 0.433 e. The number of aliphatic hydroxyl groups is 1. The van der Waals surface area contributed by atoms with Crippen LogP contribution in [0.25, 0.3) is 10.6 Å². The number of fused-ring (bicyclic) bond motifs is 1. The van der Waals surface area contributed by atoms with Crippen LogP contribution in [0.4, 0.5) is 24.8 Å². The van der Waals surface area contributed by atoms with Gasteiger partial charge in [0.1, 0.15) is 16.3 Å². The van der Waals surface area contributed by atoms with E-state index in [1.807, 2.05) is 0 Å². The molecule has 3 N–H and O–H groups in total. The van der Waals surface area contributed by atoms with Gasteiger partial charge in [-0.15, -0.1) is 11.3 Å². The maximum absolute atomic E-state index is 13.0. The number of nitrogens with one attached hydrogen (secondary N) is 1. The zero-order chi connectivity index (χ0) is 26.4. The van der Waals surface area contributed by atoms with Gasteiger partial charge in [0.15, 0.2) is 0 Å².